The molecule has 25 heavy (non-hydrogen) atoms. The first-order valence-corrected chi connectivity index (χ1v) is 8.76. The molecular formula is C21H27N3O. The Bertz CT molecular complexity index is 857. The summed E-state index contributed by atoms with van der Waals surface area (Å²) in [5.41, 5.74) is 10.9. The second kappa shape index (κ2) is 6.62. The highest BCUT2D eigenvalue weighted by Crippen LogP contribution is 2.27. The Morgan fingerprint density at radius 3 is 2.32 bits per heavy atom. The minimum Gasteiger partial charge on any atom is -0.392 e. The molecule has 0 saturated heterocycles. The first kappa shape index (κ1) is 17.6. The van der Waals surface area contributed by atoms with Crippen LogP contribution in [0.15, 0.2) is 48.5 Å². The molecule has 1 heterocycles. The van der Waals surface area contributed by atoms with Gasteiger partial charge in [-0.1, -0.05) is 57.2 Å². The Labute approximate surface area is 149 Å². The van der Waals surface area contributed by atoms with Crippen LogP contribution in [0.4, 0.5) is 0 Å². The van der Waals surface area contributed by atoms with Gasteiger partial charge in [0.05, 0.1) is 29.7 Å². The van der Waals surface area contributed by atoms with Gasteiger partial charge in [0.1, 0.15) is 5.82 Å². The summed E-state index contributed by atoms with van der Waals surface area (Å²) in [6.07, 6.45) is -0.466. The molecule has 0 aliphatic carbocycles. The highest BCUT2D eigenvalue weighted by molar-refractivity contribution is 5.76. The van der Waals surface area contributed by atoms with Crippen LogP contribution in [-0.4, -0.2) is 20.8 Å². The molecule has 0 saturated carbocycles. The van der Waals surface area contributed by atoms with Crippen molar-refractivity contribution in [2.45, 2.75) is 51.8 Å². The van der Waals surface area contributed by atoms with Gasteiger partial charge in [0.15, 0.2) is 0 Å². The highest BCUT2D eigenvalue weighted by atomic mass is 16.3. The maximum atomic E-state index is 9.90. The van der Waals surface area contributed by atoms with Gasteiger partial charge in [-0.05, 0) is 35.6 Å². The SMILES string of the molecule is CC(O)Cn1c(C(N)c2ccc(C(C)(C)C)cc2)nc2ccccc21. The molecule has 0 amide bonds. The molecule has 2 atom stereocenters. The van der Waals surface area contributed by atoms with Gasteiger partial charge in [-0.3, -0.25) is 0 Å². The van der Waals surface area contributed by atoms with Crippen molar-refractivity contribution in [2.75, 3.05) is 0 Å². The maximum Gasteiger partial charge on any atom is 0.131 e. The molecule has 4 nitrogen and oxygen atoms in total. The number of hydrogen-bond donors (Lipinski definition) is 2. The lowest BCUT2D eigenvalue weighted by Gasteiger charge is -2.21. The van der Waals surface area contributed by atoms with Crippen LogP contribution in [0.25, 0.3) is 11.0 Å². The molecule has 2 aromatic carbocycles. The van der Waals surface area contributed by atoms with Gasteiger partial charge in [-0.2, -0.15) is 0 Å². The lowest BCUT2D eigenvalue weighted by Crippen LogP contribution is -2.21. The first-order valence-electron chi connectivity index (χ1n) is 8.76. The van der Waals surface area contributed by atoms with Crippen LogP contribution >= 0.6 is 0 Å². The summed E-state index contributed by atoms with van der Waals surface area (Å²) in [6.45, 7) is 8.85. The van der Waals surface area contributed by atoms with Gasteiger partial charge >= 0.3 is 0 Å². The Morgan fingerprint density at radius 1 is 1.08 bits per heavy atom. The van der Waals surface area contributed by atoms with E-state index in [2.05, 4.69) is 45.0 Å². The van der Waals surface area contributed by atoms with Gasteiger partial charge in [0.25, 0.3) is 0 Å². The van der Waals surface area contributed by atoms with Crippen LogP contribution in [0.1, 0.15) is 50.7 Å². The molecule has 3 rings (SSSR count). The molecule has 0 fully saturated rings. The summed E-state index contributed by atoms with van der Waals surface area (Å²) in [7, 11) is 0. The predicted molar refractivity (Wildman–Crippen MR) is 103 cm³/mol. The molecule has 132 valence electrons. The Kier molecular flexibility index (Phi) is 4.67. The van der Waals surface area contributed by atoms with Crippen molar-refractivity contribution in [3.8, 4) is 0 Å². The quantitative estimate of drug-likeness (QED) is 0.762. The second-order valence-corrected chi connectivity index (χ2v) is 7.77. The number of aliphatic hydroxyl groups is 1. The van der Waals surface area contributed by atoms with E-state index in [1.165, 1.54) is 5.56 Å². The lowest BCUT2D eigenvalue weighted by atomic mass is 9.86. The van der Waals surface area contributed by atoms with E-state index in [0.717, 1.165) is 22.4 Å². The molecule has 2 unspecified atom stereocenters. The largest absolute Gasteiger partial charge is 0.392 e. The van der Waals surface area contributed by atoms with E-state index in [0.29, 0.717) is 6.54 Å². The van der Waals surface area contributed by atoms with Gasteiger partial charge in [0, 0.05) is 0 Å². The van der Waals surface area contributed by atoms with Crippen molar-refractivity contribution in [1.82, 2.24) is 9.55 Å². The molecule has 0 bridgehead atoms. The summed E-state index contributed by atoms with van der Waals surface area (Å²) in [4.78, 5) is 4.74. The summed E-state index contributed by atoms with van der Waals surface area (Å²) >= 11 is 0. The van der Waals surface area contributed by atoms with Crippen molar-refractivity contribution in [2.24, 2.45) is 5.73 Å². The van der Waals surface area contributed by atoms with Crippen LogP contribution in [0.5, 0.6) is 0 Å². The Morgan fingerprint density at radius 2 is 1.72 bits per heavy atom. The zero-order valence-corrected chi connectivity index (χ0v) is 15.4. The van der Waals surface area contributed by atoms with Crippen LogP contribution in [-0.2, 0) is 12.0 Å². The fourth-order valence-corrected chi connectivity index (χ4v) is 3.13. The molecule has 3 N–H and O–H groups in total. The third-order valence-corrected chi connectivity index (χ3v) is 4.54. The second-order valence-electron chi connectivity index (χ2n) is 7.77. The fourth-order valence-electron chi connectivity index (χ4n) is 3.13. The molecule has 1 aromatic heterocycles. The molecule has 0 aliphatic heterocycles. The zero-order chi connectivity index (χ0) is 18.2. The number of aromatic nitrogens is 2. The summed E-state index contributed by atoms with van der Waals surface area (Å²) in [5.74, 6) is 0.783. The van der Waals surface area contributed by atoms with E-state index in [9.17, 15) is 5.11 Å². The highest BCUT2D eigenvalue weighted by Gasteiger charge is 2.20. The van der Waals surface area contributed by atoms with E-state index in [1.54, 1.807) is 6.92 Å². The number of nitrogens with zero attached hydrogens (tertiary/aromatic N) is 2. The normalized spacial score (nSPS) is 14.6. The number of nitrogens with two attached hydrogens (primary N) is 1. The standard InChI is InChI=1S/C21H27N3O/c1-14(25)13-24-18-8-6-5-7-17(18)23-20(24)19(22)15-9-11-16(12-10-15)21(2,3)4/h5-12,14,19,25H,13,22H2,1-4H3. The fraction of sp³-hybridized carbons (Fsp3) is 0.381. The van der Waals surface area contributed by atoms with Crippen LogP contribution < -0.4 is 5.73 Å². The molecule has 4 heteroatoms. The van der Waals surface area contributed by atoms with Crippen molar-refractivity contribution in [1.29, 1.82) is 0 Å². The minimum atomic E-state index is -0.466. The topological polar surface area (TPSA) is 64.1 Å². The summed E-state index contributed by atoms with van der Waals surface area (Å²) < 4.78 is 2.03. The third kappa shape index (κ3) is 3.60. The number of rotatable bonds is 4. The number of fused-ring (bicyclic) bond motifs is 1. The van der Waals surface area contributed by atoms with Crippen molar-refractivity contribution in [3.05, 3.63) is 65.5 Å². The van der Waals surface area contributed by atoms with Crippen molar-refractivity contribution < 1.29 is 5.11 Å². The molecule has 0 spiro atoms. The number of benzene rings is 2. The van der Waals surface area contributed by atoms with E-state index in [-0.39, 0.29) is 11.5 Å². The van der Waals surface area contributed by atoms with E-state index < -0.39 is 6.10 Å². The summed E-state index contributed by atoms with van der Waals surface area (Å²) in [6, 6.07) is 16.0. The predicted octanol–water partition coefficient (Wildman–Crippen LogP) is 3.76. The summed E-state index contributed by atoms with van der Waals surface area (Å²) in [5, 5.41) is 9.90. The molecule has 3 aromatic rings. The number of para-hydroxylation sites is 2. The molecule has 0 radical (unpaired) electrons. The van der Waals surface area contributed by atoms with E-state index in [1.807, 2.05) is 28.8 Å². The smallest absolute Gasteiger partial charge is 0.131 e. The molecular weight excluding hydrogens is 310 g/mol. The lowest BCUT2D eigenvalue weighted by molar-refractivity contribution is 0.173. The number of aliphatic hydroxyl groups excluding tert-OH is 1. The van der Waals surface area contributed by atoms with Gasteiger partial charge in [-0.15, -0.1) is 0 Å². The van der Waals surface area contributed by atoms with Gasteiger partial charge in [0.2, 0.25) is 0 Å². The monoisotopic (exact) mass is 337 g/mol. The van der Waals surface area contributed by atoms with Gasteiger partial charge < -0.3 is 15.4 Å². The van der Waals surface area contributed by atoms with Crippen molar-refractivity contribution >= 4 is 11.0 Å². The number of hydrogen-bond acceptors (Lipinski definition) is 3. The Hall–Kier alpha value is -2.17. The van der Waals surface area contributed by atoms with Crippen LogP contribution in [0.3, 0.4) is 0 Å². The average molecular weight is 337 g/mol. The average Bonchev–Trinajstić information content (AvgIpc) is 2.92. The minimum absolute atomic E-state index is 0.113. The van der Waals surface area contributed by atoms with E-state index in [4.69, 9.17) is 10.7 Å². The van der Waals surface area contributed by atoms with Gasteiger partial charge in [-0.25, -0.2) is 4.98 Å². The van der Waals surface area contributed by atoms with E-state index >= 15 is 0 Å². The first-order chi connectivity index (χ1) is 11.8. The molecule has 0 aliphatic rings. The van der Waals surface area contributed by atoms with Crippen LogP contribution in [0.2, 0.25) is 0 Å². The van der Waals surface area contributed by atoms with Crippen molar-refractivity contribution in [3.63, 3.8) is 0 Å². The Balaban J connectivity index is 2.03. The van der Waals surface area contributed by atoms with Crippen LogP contribution in [0, 0.1) is 0 Å². The zero-order valence-electron chi connectivity index (χ0n) is 15.4. The maximum absolute atomic E-state index is 9.90. The number of imidazole rings is 1. The third-order valence-electron chi connectivity index (χ3n) is 4.54.